The Morgan fingerprint density at radius 2 is 1.67 bits per heavy atom. The van der Waals surface area contributed by atoms with Gasteiger partial charge >= 0.3 is 0 Å². The first-order chi connectivity index (χ1) is 6.58. The Labute approximate surface area is 96.6 Å². The van der Waals surface area contributed by atoms with Gasteiger partial charge in [-0.2, -0.15) is 0 Å². The fourth-order valence-electron chi connectivity index (χ4n) is 1.02. The van der Waals surface area contributed by atoms with E-state index in [0.717, 1.165) is 6.42 Å². The molecule has 0 radical (unpaired) electrons. The van der Waals surface area contributed by atoms with Crippen molar-refractivity contribution >= 4 is 8.07 Å². The van der Waals surface area contributed by atoms with Gasteiger partial charge in [0.2, 0.25) is 0 Å². The lowest BCUT2D eigenvalue weighted by molar-refractivity contribution is 0.128. The maximum absolute atomic E-state index is 9.69. The van der Waals surface area contributed by atoms with Crippen molar-refractivity contribution in [3.8, 4) is 0 Å². The molecule has 90 valence electrons. The highest BCUT2D eigenvalue weighted by molar-refractivity contribution is 6.84. The van der Waals surface area contributed by atoms with Crippen molar-refractivity contribution < 1.29 is 5.11 Å². The van der Waals surface area contributed by atoms with Crippen LogP contribution >= 0.6 is 0 Å². The summed E-state index contributed by atoms with van der Waals surface area (Å²) in [5, 5.41) is 10.1. The van der Waals surface area contributed by atoms with Crippen LogP contribution in [0, 0.1) is 5.92 Å². The zero-order valence-electron chi connectivity index (χ0n) is 11.5. The Hall–Kier alpha value is -0.0831. The third-order valence-electron chi connectivity index (χ3n) is 3.61. The highest BCUT2D eigenvalue weighted by Crippen LogP contribution is 2.36. The molecule has 0 aliphatic carbocycles. The van der Waals surface area contributed by atoms with Crippen molar-refractivity contribution in [2.24, 2.45) is 5.92 Å². The Bertz CT molecular complexity index is 211. The Morgan fingerprint density at radius 3 is 2.00 bits per heavy atom. The first-order valence-electron chi connectivity index (χ1n) is 5.93. The van der Waals surface area contributed by atoms with Crippen LogP contribution in [0.3, 0.4) is 0 Å². The summed E-state index contributed by atoms with van der Waals surface area (Å²) in [5.41, 5.74) is 2.37. The van der Waals surface area contributed by atoms with Crippen LogP contribution in [-0.4, -0.2) is 19.3 Å². The first kappa shape index (κ1) is 14.9. The van der Waals surface area contributed by atoms with E-state index < -0.39 is 8.07 Å². The zero-order valence-corrected chi connectivity index (χ0v) is 12.5. The third kappa shape index (κ3) is 4.98. The lowest BCUT2D eigenvalue weighted by Crippen LogP contribution is -2.35. The van der Waals surface area contributed by atoms with Gasteiger partial charge in [-0.15, -0.1) is 0 Å². The van der Waals surface area contributed by atoms with Gasteiger partial charge in [-0.1, -0.05) is 59.5 Å². The molecular weight excluding hydrogens is 200 g/mol. The minimum atomic E-state index is -1.30. The summed E-state index contributed by atoms with van der Waals surface area (Å²) in [6, 6.07) is 0. The van der Waals surface area contributed by atoms with Crippen molar-refractivity contribution in [2.75, 3.05) is 0 Å². The molecule has 0 spiro atoms. The number of rotatable bonds is 4. The molecule has 1 atom stereocenters. The lowest BCUT2D eigenvalue weighted by Gasteiger charge is -2.34. The average molecular weight is 228 g/mol. The van der Waals surface area contributed by atoms with E-state index in [0.29, 0.717) is 11.0 Å². The fourth-order valence-corrected chi connectivity index (χ4v) is 2.25. The fraction of sp³-hybridized carbons (Fsp3) is 0.846. The van der Waals surface area contributed by atoms with Crippen molar-refractivity contribution in [2.45, 2.75) is 65.3 Å². The van der Waals surface area contributed by atoms with Crippen LogP contribution in [0.1, 0.15) is 41.0 Å². The van der Waals surface area contributed by atoms with Crippen LogP contribution in [0.2, 0.25) is 18.1 Å². The van der Waals surface area contributed by atoms with Gasteiger partial charge in [-0.05, 0) is 17.4 Å². The van der Waals surface area contributed by atoms with Crippen molar-refractivity contribution in [1.29, 1.82) is 0 Å². The van der Waals surface area contributed by atoms with Crippen LogP contribution in [0.15, 0.2) is 11.8 Å². The summed E-state index contributed by atoms with van der Waals surface area (Å²) in [5.74, 6) is 0.356. The van der Waals surface area contributed by atoms with Crippen molar-refractivity contribution in [1.82, 2.24) is 0 Å². The van der Waals surface area contributed by atoms with Gasteiger partial charge < -0.3 is 5.11 Å². The molecule has 0 aromatic rings. The second kappa shape index (κ2) is 5.31. The molecule has 0 bridgehead atoms. The Kier molecular flexibility index (Phi) is 5.28. The third-order valence-corrected chi connectivity index (χ3v) is 8.55. The normalized spacial score (nSPS) is 16.3. The standard InChI is InChI=1S/C13H28OSi/c1-11(2)12(14)9-8-10-15(6,7)13(3,4)5/h8,10-12,14H,9H2,1-7H3/b10-8-. The molecule has 0 saturated carbocycles. The maximum atomic E-state index is 9.69. The number of aliphatic hydroxyl groups is 1. The van der Waals surface area contributed by atoms with E-state index in [4.69, 9.17) is 0 Å². The van der Waals surface area contributed by atoms with Crippen LogP contribution < -0.4 is 0 Å². The predicted molar refractivity (Wildman–Crippen MR) is 71.8 cm³/mol. The maximum Gasteiger partial charge on any atom is 0.0766 e. The predicted octanol–water partition coefficient (Wildman–Crippen LogP) is 4.00. The average Bonchev–Trinajstić information content (AvgIpc) is 2.01. The van der Waals surface area contributed by atoms with E-state index >= 15 is 0 Å². The minimum Gasteiger partial charge on any atom is -0.393 e. The van der Waals surface area contributed by atoms with Gasteiger partial charge in [-0.3, -0.25) is 0 Å². The van der Waals surface area contributed by atoms with Crippen LogP contribution in [-0.2, 0) is 0 Å². The quantitative estimate of drug-likeness (QED) is 0.721. The minimum absolute atomic E-state index is 0.189. The summed E-state index contributed by atoms with van der Waals surface area (Å²) in [6.07, 6.45) is 2.79. The number of aliphatic hydroxyl groups excluding tert-OH is 1. The van der Waals surface area contributed by atoms with Gasteiger partial charge in [0.05, 0.1) is 14.2 Å². The van der Waals surface area contributed by atoms with Gasteiger partial charge in [0, 0.05) is 0 Å². The molecular formula is C13H28OSi. The summed E-state index contributed by atoms with van der Waals surface area (Å²) >= 11 is 0. The Balaban J connectivity index is 4.29. The first-order valence-corrected chi connectivity index (χ1v) is 9.01. The molecule has 0 amide bonds. The van der Waals surface area contributed by atoms with E-state index in [1.165, 1.54) is 0 Å². The summed E-state index contributed by atoms with van der Waals surface area (Å²) < 4.78 is 0. The van der Waals surface area contributed by atoms with Gasteiger partial charge in [0.25, 0.3) is 0 Å². The molecule has 0 rings (SSSR count). The number of hydrogen-bond acceptors (Lipinski definition) is 1. The van der Waals surface area contributed by atoms with E-state index in [1.807, 2.05) is 0 Å². The van der Waals surface area contributed by atoms with Gasteiger partial charge in [0.1, 0.15) is 0 Å². The molecule has 0 fully saturated rings. The van der Waals surface area contributed by atoms with Crippen molar-refractivity contribution in [3.05, 3.63) is 11.8 Å². The highest BCUT2D eigenvalue weighted by atomic mass is 28.3. The van der Waals surface area contributed by atoms with E-state index in [-0.39, 0.29) is 6.10 Å². The van der Waals surface area contributed by atoms with Crippen LogP contribution in [0.5, 0.6) is 0 Å². The second-order valence-electron chi connectivity index (χ2n) is 6.42. The molecule has 1 N–H and O–H groups in total. The molecule has 0 aliphatic heterocycles. The molecule has 0 aliphatic rings. The summed E-state index contributed by atoms with van der Waals surface area (Å²) in [7, 11) is -1.30. The van der Waals surface area contributed by atoms with Gasteiger partial charge in [0.15, 0.2) is 0 Å². The summed E-state index contributed by atoms with van der Waals surface area (Å²) in [6.45, 7) is 15.8. The zero-order chi connectivity index (χ0) is 12.3. The molecule has 1 unspecified atom stereocenters. The van der Waals surface area contributed by atoms with Crippen molar-refractivity contribution in [3.63, 3.8) is 0 Å². The van der Waals surface area contributed by atoms with Gasteiger partial charge in [-0.25, -0.2) is 0 Å². The smallest absolute Gasteiger partial charge is 0.0766 e. The second-order valence-corrected chi connectivity index (χ2v) is 11.7. The number of hydrogen-bond donors (Lipinski definition) is 1. The molecule has 0 saturated heterocycles. The lowest BCUT2D eigenvalue weighted by atomic mass is 10.1. The highest BCUT2D eigenvalue weighted by Gasteiger charge is 2.32. The van der Waals surface area contributed by atoms with Crippen LogP contribution in [0.4, 0.5) is 0 Å². The molecule has 15 heavy (non-hydrogen) atoms. The van der Waals surface area contributed by atoms with E-state index in [2.05, 4.69) is 59.5 Å². The van der Waals surface area contributed by atoms with Crippen LogP contribution in [0.25, 0.3) is 0 Å². The molecule has 0 aromatic heterocycles. The Morgan fingerprint density at radius 1 is 1.20 bits per heavy atom. The SMILES string of the molecule is CC(C)C(O)C/C=C\[Si](C)(C)C(C)(C)C. The van der Waals surface area contributed by atoms with E-state index in [9.17, 15) is 5.11 Å². The monoisotopic (exact) mass is 228 g/mol. The summed E-state index contributed by atoms with van der Waals surface area (Å²) in [4.78, 5) is 0. The molecule has 2 heteroatoms. The van der Waals surface area contributed by atoms with E-state index in [1.54, 1.807) is 0 Å². The molecule has 0 aromatic carbocycles. The largest absolute Gasteiger partial charge is 0.393 e. The molecule has 1 nitrogen and oxygen atoms in total. The molecule has 0 heterocycles. The topological polar surface area (TPSA) is 20.2 Å².